The molecule has 2 radical (unpaired) electrons. The summed E-state index contributed by atoms with van der Waals surface area (Å²) in [4.78, 5) is 23.5. The molecule has 1 amide bonds. The van der Waals surface area contributed by atoms with Crippen LogP contribution in [-0.4, -0.2) is 101 Å². The predicted octanol–water partition coefficient (Wildman–Crippen LogP) is 1.74. The van der Waals surface area contributed by atoms with Gasteiger partial charge in [-0.05, 0) is 43.3 Å². The summed E-state index contributed by atoms with van der Waals surface area (Å²) < 4.78 is 31.2. The quantitative estimate of drug-likeness (QED) is 0.404. The Hall–Kier alpha value is -1.44. The maximum Gasteiger partial charge on any atom is 0.337 e. The van der Waals surface area contributed by atoms with E-state index < -0.39 is 28.0 Å². The smallest absolute Gasteiger partial charge is 0.337 e. The normalized spacial score (nSPS) is 16.1. The fourth-order valence-electron chi connectivity index (χ4n) is 2.50. The number of benzene rings is 2. The van der Waals surface area contributed by atoms with Gasteiger partial charge in [0.15, 0.2) is 6.04 Å². The average Bonchev–Trinajstić information content (AvgIpc) is 2.93. The minimum Gasteiger partial charge on any atom is -0.478 e. The summed E-state index contributed by atoms with van der Waals surface area (Å²) >= 11 is 0. The largest absolute Gasteiger partial charge is 0.478 e. The van der Waals surface area contributed by atoms with Gasteiger partial charge in [0.1, 0.15) is 0 Å². The van der Waals surface area contributed by atoms with E-state index in [0.717, 1.165) is 17.1 Å². The molecular formula is C17H14N4Na2O6S. The van der Waals surface area contributed by atoms with Crippen LogP contribution in [0.3, 0.4) is 0 Å². The molecule has 1 aliphatic rings. The molecule has 1 atom stereocenters. The Morgan fingerprint density at radius 1 is 1.10 bits per heavy atom. The Bertz CT molecular complexity index is 1120. The Balaban J connectivity index is 0.00000225. The molecule has 0 aromatic heterocycles. The van der Waals surface area contributed by atoms with Gasteiger partial charge in [0.2, 0.25) is 0 Å². The summed E-state index contributed by atoms with van der Waals surface area (Å²) in [5, 5.41) is 22.1. The number of carboxylic acid groups (broad SMARTS) is 1. The summed E-state index contributed by atoms with van der Waals surface area (Å²) in [5.41, 5.74) is 0.663. The molecule has 10 nitrogen and oxygen atoms in total. The second kappa shape index (κ2) is 10.7. The summed E-state index contributed by atoms with van der Waals surface area (Å²) in [5.74, 6) is -1.70. The molecule has 0 fully saturated rings. The zero-order valence-corrected chi connectivity index (χ0v) is 21.2. The number of carboxylic acids is 1. The zero-order chi connectivity index (χ0) is 20.5. The van der Waals surface area contributed by atoms with Gasteiger partial charge in [-0.2, -0.15) is 28.8 Å². The van der Waals surface area contributed by atoms with Crippen molar-refractivity contribution in [3.05, 3.63) is 54.1 Å². The Morgan fingerprint density at radius 2 is 1.70 bits per heavy atom. The number of nitrogens with zero attached hydrogens (tertiary/aromatic N) is 4. The van der Waals surface area contributed by atoms with Crippen molar-refractivity contribution < 1.29 is 27.7 Å². The molecule has 13 heteroatoms. The van der Waals surface area contributed by atoms with Crippen molar-refractivity contribution in [1.82, 2.24) is 0 Å². The molecule has 2 N–H and O–H groups in total. The minimum absolute atomic E-state index is 0. The van der Waals surface area contributed by atoms with Gasteiger partial charge in [0, 0.05) is 59.1 Å². The third-order valence-electron chi connectivity index (χ3n) is 3.89. The molecule has 1 unspecified atom stereocenters. The van der Waals surface area contributed by atoms with Crippen LogP contribution in [0.1, 0.15) is 17.3 Å². The van der Waals surface area contributed by atoms with Crippen molar-refractivity contribution in [3.63, 3.8) is 0 Å². The van der Waals surface area contributed by atoms with Crippen LogP contribution >= 0.6 is 0 Å². The third-order valence-corrected chi connectivity index (χ3v) is 4.76. The van der Waals surface area contributed by atoms with Crippen molar-refractivity contribution in [1.29, 1.82) is 0 Å². The van der Waals surface area contributed by atoms with Crippen LogP contribution in [0.4, 0.5) is 11.4 Å². The van der Waals surface area contributed by atoms with Crippen molar-refractivity contribution in [2.45, 2.75) is 17.9 Å². The predicted molar refractivity (Wildman–Crippen MR) is 110 cm³/mol. The molecule has 0 bridgehead atoms. The van der Waals surface area contributed by atoms with E-state index in [1.165, 1.54) is 24.3 Å². The molecular weight excluding hydrogens is 434 g/mol. The summed E-state index contributed by atoms with van der Waals surface area (Å²) in [7, 11) is -4.35. The number of aromatic carboxylic acids is 1. The van der Waals surface area contributed by atoms with Gasteiger partial charge in [-0.15, -0.1) is 0 Å². The molecule has 2 aromatic rings. The molecule has 0 aliphatic carbocycles. The van der Waals surface area contributed by atoms with Gasteiger partial charge in [0.25, 0.3) is 16.0 Å². The number of hydrogen-bond acceptors (Lipinski definition) is 7. The maximum absolute atomic E-state index is 12.6. The van der Waals surface area contributed by atoms with E-state index in [1.807, 2.05) is 0 Å². The second-order valence-corrected chi connectivity index (χ2v) is 7.22. The molecule has 1 heterocycles. The Labute approximate surface area is 216 Å². The van der Waals surface area contributed by atoms with E-state index in [2.05, 4.69) is 15.3 Å². The van der Waals surface area contributed by atoms with Crippen molar-refractivity contribution in [2.24, 2.45) is 15.3 Å². The van der Waals surface area contributed by atoms with Crippen molar-refractivity contribution in [2.75, 3.05) is 5.01 Å². The number of rotatable bonds is 5. The Kier molecular flexibility index (Phi) is 9.52. The van der Waals surface area contributed by atoms with Gasteiger partial charge in [0.05, 0.1) is 27.5 Å². The molecule has 30 heavy (non-hydrogen) atoms. The van der Waals surface area contributed by atoms with Crippen LogP contribution in [0.15, 0.2) is 68.8 Å². The van der Waals surface area contributed by atoms with Gasteiger partial charge >= 0.3 is 5.97 Å². The van der Waals surface area contributed by atoms with E-state index >= 15 is 0 Å². The molecule has 0 saturated heterocycles. The zero-order valence-electron chi connectivity index (χ0n) is 16.4. The minimum atomic E-state index is -4.35. The maximum atomic E-state index is 12.6. The molecule has 0 spiro atoms. The van der Waals surface area contributed by atoms with E-state index in [1.54, 1.807) is 19.1 Å². The standard InChI is InChI=1S/C17H14N4O6S.2Na/c1-10-15(19-18-14-5-3-2-4-13(14)17(23)24)16(22)21(20-10)11-6-8-12(9-7-11)28(25,26)27;;/h2-9,15H,1H3,(H,23,24)(H,25,26,27);;. The third kappa shape index (κ3) is 5.83. The first kappa shape index (κ1) is 26.6. The van der Waals surface area contributed by atoms with E-state index in [4.69, 9.17) is 4.55 Å². The van der Waals surface area contributed by atoms with E-state index in [0.29, 0.717) is 5.71 Å². The van der Waals surface area contributed by atoms with Gasteiger partial charge < -0.3 is 5.11 Å². The first-order valence-corrected chi connectivity index (χ1v) is 9.32. The monoisotopic (exact) mass is 448 g/mol. The molecule has 0 saturated carbocycles. The van der Waals surface area contributed by atoms with Crippen LogP contribution in [0.5, 0.6) is 0 Å². The summed E-state index contributed by atoms with van der Waals surface area (Å²) in [6.07, 6.45) is 0. The van der Waals surface area contributed by atoms with Crippen LogP contribution in [0, 0.1) is 0 Å². The van der Waals surface area contributed by atoms with Crippen LogP contribution in [0.2, 0.25) is 0 Å². The Morgan fingerprint density at radius 3 is 2.27 bits per heavy atom. The number of amides is 1. The molecule has 1 aliphatic heterocycles. The number of hydrazone groups is 1. The van der Waals surface area contributed by atoms with Crippen molar-refractivity contribution in [3.8, 4) is 0 Å². The topological polar surface area (TPSA) is 149 Å². The number of hydrogen-bond donors (Lipinski definition) is 2. The van der Waals surface area contributed by atoms with Crippen LogP contribution in [-0.2, 0) is 14.9 Å². The van der Waals surface area contributed by atoms with Gasteiger partial charge in [-0.25, -0.2) is 4.79 Å². The van der Waals surface area contributed by atoms with E-state index in [9.17, 15) is 23.1 Å². The molecule has 2 aromatic carbocycles. The molecule has 146 valence electrons. The summed E-state index contributed by atoms with van der Waals surface area (Å²) in [6.45, 7) is 1.57. The molecule has 3 rings (SSSR count). The first-order valence-electron chi connectivity index (χ1n) is 7.88. The number of anilines is 1. The SMILES string of the molecule is CC1=NN(c2ccc(S(=O)(=O)O)cc2)C(=O)C1N=Nc1ccccc1C(=O)O.[Na].[Na]. The summed E-state index contributed by atoms with van der Waals surface area (Å²) in [6, 6.07) is 9.86. The fraction of sp³-hybridized carbons (Fsp3) is 0.118. The fourth-order valence-corrected chi connectivity index (χ4v) is 2.98. The second-order valence-electron chi connectivity index (χ2n) is 5.80. The van der Waals surface area contributed by atoms with Gasteiger partial charge in [-0.1, -0.05) is 12.1 Å². The van der Waals surface area contributed by atoms with E-state index in [-0.39, 0.29) is 80.9 Å². The number of azo groups is 1. The van der Waals surface area contributed by atoms with Crippen LogP contribution in [0.25, 0.3) is 0 Å². The first-order chi connectivity index (χ1) is 13.2. The number of carbonyl (C=O) groups is 2. The number of carbonyl (C=O) groups excluding carboxylic acids is 1. The van der Waals surface area contributed by atoms with Gasteiger partial charge in [-0.3, -0.25) is 9.35 Å². The van der Waals surface area contributed by atoms with Crippen molar-refractivity contribution >= 4 is 98.2 Å². The van der Waals surface area contributed by atoms with Crippen LogP contribution < -0.4 is 5.01 Å². The average molecular weight is 448 g/mol.